The lowest BCUT2D eigenvalue weighted by Gasteiger charge is -2.10. The Morgan fingerprint density at radius 3 is 2.62 bits per heavy atom. The van der Waals surface area contributed by atoms with Crippen molar-refractivity contribution in [2.45, 2.75) is 39.4 Å². The molecule has 0 aromatic heterocycles. The maximum absolute atomic E-state index is 12.2. The Labute approximate surface area is 122 Å². The Balaban J connectivity index is 2.44. The number of amides is 1. The summed E-state index contributed by atoms with van der Waals surface area (Å²) in [5.41, 5.74) is 0.985. The minimum atomic E-state index is -4.87. The Morgan fingerprint density at radius 1 is 1.29 bits per heavy atom. The molecule has 0 aliphatic heterocycles. The van der Waals surface area contributed by atoms with E-state index in [0.29, 0.717) is 12.5 Å². The average Bonchev–Trinajstić information content (AvgIpc) is 2.37. The number of benzene rings is 1. The van der Waals surface area contributed by atoms with Crippen molar-refractivity contribution in [1.82, 2.24) is 5.32 Å². The van der Waals surface area contributed by atoms with Crippen molar-refractivity contribution in [3.8, 4) is 0 Å². The molecule has 1 rings (SSSR count). The summed E-state index contributed by atoms with van der Waals surface area (Å²) in [6.45, 7) is 5.74. The number of carbonyl (C=O) groups is 1. The first-order valence-electron chi connectivity index (χ1n) is 6.97. The van der Waals surface area contributed by atoms with Crippen LogP contribution in [0.3, 0.4) is 0 Å². The average molecular weight is 302 g/mol. The summed E-state index contributed by atoms with van der Waals surface area (Å²) in [5.74, 6) is -1.29. The summed E-state index contributed by atoms with van der Waals surface area (Å²) in [7, 11) is 0. The fourth-order valence-electron chi connectivity index (χ4n) is 1.83. The molecule has 0 unspecified atom stereocenters. The fourth-order valence-corrected chi connectivity index (χ4v) is 1.83. The van der Waals surface area contributed by atoms with Crippen LogP contribution in [-0.2, 0) is 11.3 Å². The first kappa shape index (κ1) is 17.5. The lowest BCUT2D eigenvalue weighted by atomic mass is 10.1. The Kier molecular flexibility index (Phi) is 6.68. The zero-order chi connectivity index (χ0) is 15.9. The van der Waals surface area contributed by atoms with E-state index in [9.17, 15) is 18.0 Å². The quantitative estimate of drug-likeness (QED) is 0.754. The molecule has 0 saturated carbocycles. The van der Waals surface area contributed by atoms with E-state index in [1.54, 1.807) is 18.2 Å². The second kappa shape index (κ2) is 8.02. The highest BCUT2D eigenvalue weighted by Crippen LogP contribution is 2.18. The van der Waals surface area contributed by atoms with Gasteiger partial charge in [-0.1, -0.05) is 26.0 Å². The molecule has 21 heavy (non-hydrogen) atoms. The van der Waals surface area contributed by atoms with Gasteiger partial charge in [-0.15, -0.1) is 0 Å². The minimum Gasteiger partial charge on any atom is -0.318 e. The lowest BCUT2D eigenvalue weighted by molar-refractivity contribution is -0.167. The van der Waals surface area contributed by atoms with E-state index < -0.39 is 12.1 Å². The number of hydrogen-bond acceptors (Lipinski definition) is 2. The van der Waals surface area contributed by atoms with E-state index >= 15 is 0 Å². The molecule has 118 valence electrons. The summed E-state index contributed by atoms with van der Waals surface area (Å²) in [4.78, 5) is 10.9. The summed E-state index contributed by atoms with van der Waals surface area (Å²) in [6, 6.07) is 6.40. The van der Waals surface area contributed by atoms with Crippen molar-refractivity contribution in [3.63, 3.8) is 0 Å². The van der Waals surface area contributed by atoms with Crippen LogP contribution in [0.1, 0.15) is 32.3 Å². The van der Waals surface area contributed by atoms with E-state index in [0.717, 1.165) is 24.9 Å². The van der Waals surface area contributed by atoms with Crippen LogP contribution in [0.15, 0.2) is 24.3 Å². The molecule has 0 atom stereocenters. The lowest BCUT2D eigenvalue weighted by Crippen LogP contribution is -2.29. The van der Waals surface area contributed by atoms with Crippen molar-refractivity contribution < 1.29 is 18.0 Å². The molecule has 6 heteroatoms. The van der Waals surface area contributed by atoms with Gasteiger partial charge in [0.1, 0.15) is 0 Å². The van der Waals surface area contributed by atoms with Crippen LogP contribution in [0.2, 0.25) is 0 Å². The number of nitrogens with one attached hydrogen (secondary N) is 2. The fraction of sp³-hybridized carbons (Fsp3) is 0.533. The molecule has 0 bridgehead atoms. The van der Waals surface area contributed by atoms with Crippen molar-refractivity contribution in [3.05, 3.63) is 29.8 Å². The third kappa shape index (κ3) is 7.13. The number of hydrogen-bond donors (Lipinski definition) is 2. The molecule has 2 N–H and O–H groups in total. The smallest absolute Gasteiger partial charge is 0.318 e. The second-order valence-corrected chi connectivity index (χ2v) is 5.37. The van der Waals surface area contributed by atoms with Crippen LogP contribution in [0.5, 0.6) is 0 Å². The Morgan fingerprint density at radius 2 is 2.00 bits per heavy atom. The number of anilines is 1. The van der Waals surface area contributed by atoms with Gasteiger partial charge in [0.2, 0.25) is 0 Å². The van der Waals surface area contributed by atoms with Gasteiger partial charge in [0.25, 0.3) is 0 Å². The van der Waals surface area contributed by atoms with Gasteiger partial charge in [0.15, 0.2) is 0 Å². The first-order chi connectivity index (χ1) is 9.79. The molecular formula is C15H21F3N2O. The van der Waals surface area contributed by atoms with E-state index in [1.165, 1.54) is 6.07 Å². The van der Waals surface area contributed by atoms with Crippen molar-refractivity contribution >= 4 is 11.6 Å². The summed E-state index contributed by atoms with van der Waals surface area (Å²) >= 11 is 0. The van der Waals surface area contributed by atoms with Crippen molar-refractivity contribution in [1.29, 1.82) is 0 Å². The summed E-state index contributed by atoms with van der Waals surface area (Å²) in [6.07, 6.45) is -2.68. The molecule has 0 radical (unpaired) electrons. The zero-order valence-corrected chi connectivity index (χ0v) is 12.3. The monoisotopic (exact) mass is 302 g/mol. The Bertz CT molecular complexity index is 458. The molecule has 0 saturated heterocycles. The van der Waals surface area contributed by atoms with Gasteiger partial charge in [-0.2, -0.15) is 13.2 Å². The van der Waals surface area contributed by atoms with Gasteiger partial charge in [0, 0.05) is 12.2 Å². The van der Waals surface area contributed by atoms with E-state index in [2.05, 4.69) is 19.2 Å². The molecule has 0 aliphatic rings. The van der Waals surface area contributed by atoms with Crippen LogP contribution in [0, 0.1) is 5.92 Å². The highest BCUT2D eigenvalue weighted by molar-refractivity contribution is 5.94. The molecule has 0 aliphatic carbocycles. The van der Waals surface area contributed by atoms with Crippen molar-refractivity contribution in [2.24, 2.45) is 5.92 Å². The first-order valence-corrected chi connectivity index (χ1v) is 6.97. The maximum Gasteiger partial charge on any atom is 0.471 e. The minimum absolute atomic E-state index is 0.152. The molecule has 1 amide bonds. The largest absolute Gasteiger partial charge is 0.471 e. The van der Waals surface area contributed by atoms with Gasteiger partial charge in [-0.25, -0.2) is 0 Å². The topological polar surface area (TPSA) is 41.1 Å². The highest BCUT2D eigenvalue weighted by Gasteiger charge is 2.38. The third-order valence-corrected chi connectivity index (χ3v) is 2.91. The van der Waals surface area contributed by atoms with Crippen LogP contribution < -0.4 is 10.6 Å². The molecule has 0 spiro atoms. The van der Waals surface area contributed by atoms with Crippen molar-refractivity contribution in [2.75, 3.05) is 11.9 Å². The summed E-state index contributed by atoms with van der Waals surface area (Å²) < 4.78 is 36.5. The zero-order valence-electron chi connectivity index (χ0n) is 12.3. The van der Waals surface area contributed by atoms with Crippen LogP contribution in [-0.4, -0.2) is 18.6 Å². The van der Waals surface area contributed by atoms with Crippen LogP contribution in [0.4, 0.5) is 18.9 Å². The molecule has 3 nitrogen and oxygen atoms in total. The third-order valence-electron chi connectivity index (χ3n) is 2.91. The van der Waals surface area contributed by atoms with Gasteiger partial charge in [0.05, 0.1) is 0 Å². The molecular weight excluding hydrogens is 281 g/mol. The molecule has 0 heterocycles. The van der Waals surface area contributed by atoms with Gasteiger partial charge >= 0.3 is 12.1 Å². The van der Waals surface area contributed by atoms with Crippen LogP contribution in [0.25, 0.3) is 0 Å². The molecule has 1 aromatic carbocycles. The molecule has 1 aromatic rings. The van der Waals surface area contributed by atoms with E-state index in [4.69, 9.17) is 0 Å². The number of carbonyl (C=O) groups excluding carboxylic acids is 1. The predicted molar refractivity (Wildman–Crippen MR) is 76.9 cm³/mol. The maximum atomic E-state index is 12.2. The van der Waals surface area contributed by atoms with Gasteiger partial charge in [-0.3, -0.25) is 4.79 Å². The van der Waals surface area contributed by atoms with Crippen LogP contribution >= 0.6 is 0 Å². The number of rotatable bonds is 7. The number of alkyl halides is 3. The molecule has 0 fully saturated rings. The predicted octanol–water partition coefficient (Wildman–Crippen LogP) is 3.71. The highest BCUT2D eigenvalue weighted by atomic mass is 19.4. The number of halogens is 3. The summed E-state index contributed by atoms with van der Waals surface area (Å²) in [5, 5.41) is 5.08. The van der Waals surface area contributed by atoms with E-state index in [1.807, 2.05) is 5.32 Å². The van der Waals surface area contributed by atoms with E-state index in [-0.39, 0.29) is 5.69 Å². The SMILES string of the molecule is CC(C)CCCNCc1cccc(NC(=O)C(F)(F)F)c1. The Hall–Kier alpha value is -1.56. The standard InChI is InChI=1S/C15H21F3N2O/c1-11(2)5-4-8-19-10-12-6-3-7-13(9-12)20-14(21)15(16,17)18/h3,6-7,9,11,19H,4-5,8,10H2,1-2H3,(H,20,21). The second-order valence-electron chi connectivity index (χ2n) is 5.37. The van der Waals surface area contributed by atoms with Gasteiger partial charge < -0.3 is 10.6 Å². The van der Waals surface area contributed by atoms with Gasteiger partial charge in [-0.05, 0) is 43.0 Å². The normalized spacial score (nSPS) is 11.7.